The van der Waals surface area contributed by atoms with Crippen molar-refractivity contribution in [2.24, 2.45) is 0 Å². The van der Waals surface area contributed by atoms with Gasteiger partial charge in [0.2, 0.25) is 0 Å². The van der Waals surface area contributed by atoms with Crippen LogP contribution in [0.25, 0.3) is 104 Å². The summed E-state index contributed by atoms with van der Waals surface area (Å²) < 4.78 is 0. The Morgan fingerprint density at radius 1 is 0.278 bits per heavy atom. The van der Waals surface area contributed by atoms with Crippen molar-refractivity contribution in [3.63, 3.8) is 0 Å². The predicted molar refractivity (Wildman–Crippen MR) is 383 cm³/mol. The number of para-hydroxylation sites is 2. The van der Waals surface area contributed by atoms with Gasteiger partial charge in [0.15, 0.2) is 0 Å². The minimum Gasteiger partial charge on any atom is -0.310 e. The number of nitrogens with zero attached hydrogens (tertiary/aromatic N) is 2. The molecule has 0 amide bonds. The number of hydrogen-bond acceptors (Lipinski definition) is 2. The second-order valence-electron chi connectivity index (χ2n) is 25.9. The summed E-state index contributed by atoms with van der Waals surface area (Å²) in [5, 5.41) is 9.60. The Kier molecular flexibility index (Phi) is 12.4. The fraction of sp³-hybridized carbons (Fsp3) is 0.0909. The van der Waals surface area contributed by atoms with Gasteiger partial charge >= 0.3 is 0 Å². The molecule has 0 radical (unpaired) electrons. The van der Waals surface area contributed by atoms with Crippen LogP contribution in [-0.4, -0.2) is 0 Å². The van der Waals surface area contributed by atoms with Crippen LogP contribution >= 0.6 is 0 Å². The molecule has 14 aromatic carbocycles. The molecule has 428 valence electrons. The highest BCUT2D eigenvalue weighted by atomic mass is 15.1. The molecule has 2 heteroatoms. The second kappa shape index (κ2) is 20.9. The predicted octanol–water partition coefficient (Wildman–Crippen LogP) is 24.6. The van der Waals surface area contributed by atoms with E-state index in [2.05, 4.69) is 341 Å². The summed E-state index contributed by atoms with van der Waals surface area (Å²) in [6.45, 7) is 9.54. The van der Waals surface area contributed by atoms with Crippen molar-refractivity contribution in [2.45, 2.75) is 51.4 Å². The molecule has 90 heavy (non-hydrogen) atoms. The molecule has 0 heterocycles. The van der Waals surface area contributed by atoms with Gasteiger partial charge in [0.25, 0.3) is 0 Å². The van der Waals surface area contributed by atoms with E-state index in [0.29, 0.717) is 0 Å². The largest absolute Gasteiger partial charge is 0.310 e. The summed E-state index contributed by atoms with van der Waals surface area (Å²) in [5.74, 6) is 0. The maximum Gasteiger partial charge on any atom is 0.0468 e. The van der Waals surface area contributed by atoms with E-state index in [0.717, 1.165) is 47.0 Å². The summed E-state index contributed by atoms with van der Waals surface area (Å²) in [6.07, 6.45) is 6.94. The Bertz CT molecular complexity index is 5280. The van der Waals surface area contributed by atoms with Gasteiger partial charge in [0.05, 0.1) is 0 Å². The summed E-state index contributed by atoms with van der Waals surface area (Å²) >= 11 is 0. The number of benzene rings is 14. The fourth-order valence-corrected chi connectivity index (χ4v) is 15.5. The number of anilines is 6. The molecule has 0 saturated heterocycles. The normalized spacial score (nSPS) is 14.2. The van der Waals surface area contributed by atoms with Gasteiger partial charge in [0, 0.05) is 45.0 Å². The Morgan fingerprint density at radius 2 is 0.689 bits per heavy atom. The van der Waals surface area contributed by atoms with Gasteiger partial charge in [0.1, 0.15) is 0 Å². The molecule has 0 unspecified atom stereocenters. The van der Waals surface area contributed by atoms with E-state index in [1.165, 1.54) is 127 Å². The van der Waals surface area contributed by atoms with Crippen LogP contribution in [-0.2, 0) is 10.8 Å². The molecule has 3 aliphatic carbocycles. The smallest absolute Gasteiger partial charge is 0.0468 e. The lowest BCUT2D eigenvalue weighted by Gasteiger charge is -2.28. The van der Waals surface area contributed by atoms with Crippen LogP contribution < -0.4 is 9.80 Å². The van der Waals surface area contributed by atoms with Crippen LogP contribution in [0.1, 0.15) is 62.8 Å². The minimum atomic E-state index is -0.0801. The lowest BCUT2D eigenvalue weighted by atomic mass is 9.78. The Morgan fingerprint density at radius 3 is 1.22 bits per heavy atom. The molecule has 0 N–H and O–H groups in total. The number of rotatable bonds is 10. The zero-order chi connectivity index (χ0) is 60.2. The van der Waals surface area contributed by atoms with Crippen LogP contribution in [0.4, 0.5) is 34.1 Å². The standard InChI is InChI=1S/C88H66N2/c1-87(2)81-29-17-15-27-73(81)75-47-39-63(53-83(75)87)59-35-41-69(42-36-59)89(67-23-7-5-8-24-67)71-45-49-77-79(55-71)85(65-33-31-57-19-11-13-21-61(57)51-65)78-50-46-72(56-80(78)86(77)66-34-32-58-20-12-14-22-62(58)52-66)90(68-25-9-6-10-26-68)70-43-37-60(38-44-70)64-40-48-76-74-28-16-18-30-82(74)88(3,4)84(76)54-64/h5-17,19-29,31-56H,18,30H2,1-4H3. The molecule has 0 bridgehead atoms. The average Bonchev–Trinajstić information content (AvgIpc) is 1.17. The highest BCUT2D eigenvalue weighted by Gasteiger charge is 2.38. The van der Waals surface area contributed by atoms with E-state index in [1.54, 1.807) is 5.57 Å². The molecule has 2 nitrogen and oxygen atoms in total. The average molecular weight is 1150 g/mol. The van der Waals surface area contributed by atoms with Gasteiger partial charge in [-0.25, -0.2) is 0 Å². The van der Waals surface area contributed by atoms with Crippen LogP contribution in [0.5, 0.6) is 0 Å². The SMILES string of the molecule is CC1(C)C2=C(C=CCC2)c2ccc(-c3ccc(N(c4ccccc4)c4ccc5c(-c6ccc7ccccc7c6)c6cc(N(c7ccccc7)c7ccc(-c8ccc9c(c8)C(C)(C)c8ccccc8-9)cc7)ccc6c(-c6ccc7ccccc7c6)c5c4)cc3)cc21. The third-order valence-corrected chi connectivity index (χ3v) is 20.1. The monoisotopic (exact) mass is 1150 g/mol. The third kappa shape index (κ3) is 8.68. The lowest BCUT2D eigenvalue weighted by Crippen LogP contribution is -2.17. The molecular formula is C88H66N2. The Balaban J connectivity index is 0.845. The molecule has 0 atom stereocenters. The second-order valence-corrected chi connectivity index (χ2v) is 25.9. The summed E-state index contributed by atoms with van der Waals surface area (Å²) in [6, 6.07) is 109. The van der Waals surface area contributed by atoms with Gasteiger partial charge < -0.3 is 9.80 Å². The minimum absolute atomic E-state index is 0.00550. The van der Waals surface area contributed by atoms with Crippen molar-refractivity contribution >= 4 is 82.8 Å². The Labute approximate surface area is 527 Å². The molecule has 0 fully saturated rings. The van der Waals surface area contributed by atoms with Gasteiger partial charge in [-0.05, 0) is 236 Å². The number of allylic oxidation sites excluding steroid dienone is 4. The lowest BCUT2D eigenvalue weighted by molar-refractivity contribution is 0.607. The highest BCUT2D eigenvalue weighted by molar-refractivity contribution is 6.23. The first-order valence-electron chi connectivity index (χ1n) is 31.8. The summed E-state index contributed by atoms with van der Waals surface area (Å²) in [5.41, 5.74) is 27.3. The van der Waals surface area contributed by atoms with Crippen molar-refractivity contribution < 1.29 is 0 Å². The molecule has 0 aromatic heterocycles. The topological polar surface area (TPSA) is 6.48 Å². The summed E-state index contributed by atoms with van der Waals surface area (Å²) in [7, 11) is 0. The summed E-state index contributed by atoms with van der Waals surface area (Å²) in [4.78, 5) is 4.86. The van der Waals surface area contributed by atoms with Crippen LogP contribution in [0.2, 0.25) is 0 Å². The first-order valence-corrected chi connectivity index (χ1v) is 31.8. The first-order chi connectivity index (χ1) is 44.1. The van der Waals surface area contributed by atoms with Crippen molar-refractivity contribution in [1.82, 2.24) is 0 Å². The van der Waals surface area contributed by atoms with E-state index < -0.39 is 0 Å². The van der Waals surface area contributed by atoms with E-state index in [-0.39, 0.29) is 10.8 Å². The van der Waals surface area contributed by atoms with Gasteiger partial charge in [-0.2, -0.15) is 0 Å². The molecule has 0 spiro atoms. The van der Waals surface area contributed by atoms with Gasteiger partial charge in [-0.1, -0.05) is 240 Å². The van der Waals surface area contributed by atoms with Crippen LogP contribution in [0.15, 0.2) is 309 Å². The van der Waals surface area contributed by atoms with Crippen molar-refractivity contribution in [3.05, 3.63) is 331 Å². The number of fused-ring (bicyclic) bond motifs is 9. The van der Waals surface area contributed by atoms with Crippen molar-refractivity contribution in [2.75, 3.05) is 9.80 Å². The molecule has 17 rings (SSSR count). The fourth-order valence-electron chi connectivity index (χ4n) is 15.5. The van der Waals surface area contributed by atoms with Crippen LogP contribution in [0.3, 0.4) is 0 Å². The van der Waals surface area contributed by atoms with Gasteiger partial charge in [-0.15, -0.1) is 0 Å². The Hall–Kier alpha value is -10.8. The molecule has 0 aliphatic heterocycles. The number of hydrogen-bond donors (Lipinski definition) is 0. The third-order valence-electron chi connectivity index (χ3n) is 20.1. The maximum absolute atomic E-state index is 2.46. The van der Waals surface area contributed by atoms with Crippen molar-refractivity contribution in [3.8, 4) is 55.6 Å². The maximum atomic E-state index is 2.46. The van der Waals surface area contributed by atoms with Crippen LogP contribution in [0, 0.1) is 0 Å². The molecule has 0 saturated carbocycles. The zero-order valence-corrected chi connectivity index (χ0v) is 51.2. The molecular weight excluding hydrogens is 1080 g/mol. The quantitative estimate of drug-likeness (QED) is 0.126. The van der Waals surface area contributed by atoms with E-state index in [1.807, 2.05) is 0 Å². The van der Waals surface area contributed by atoms with Gasteiger partial charge in [-0.3, -0.25) is 0 Å². The highest BCUT2D eigenvalue weighted by Crippen LogP contribution is 2.54. The van der Waals surface area contributed by atoms with E-state index in [9.17, 15) is 0 Å². The first kappa shape index (κ1) is 53.4. The van der Waals surface area contributed by atoms with E-state index in [4.69, 9.17) is 0 Å². The van der Waals surface area contributed by atoms with Crippen molar-refractivity contribution in [1.29, 1.82) is 0 Å². The van der Waals surface area contributed by atoms with E-state index >= 15 is 0 Å². The molecule has 14 aromatic rings. The zero-order valence-electron chi connectivity index (χ0n) is 51.2. The molecule has 3 aliphatic rings.